The largest absolute Gasteiger partial charge is 0.496 e. The first-order valence-corrected chi connectivity index (χ1v) is 16.7. The standard InChI is InChI=1S/C33H29Br2ClN2O5S/c1-4-8-25-29(32(40)42-5-2)30(22-17-21(34)12-14-26(22)41-3)38-31(39)28(44-33(38)37-25)16-19-11-13-27(23(35)15-19)43-18-20-9-6-7-10-24(20)36/h6-7,9-17,30H,4-5,8,18H2,1-3H3/b28-16+/t30-/m0/s1. The topological polar surface area (TPSA) is 79.1 Å². The molecule has 44 heavy (non-hydrogen) atoms. The minimum absolute atomic E-state index is 0.196. The zero-order valence-corrected chi connectivity index (χ0v) is 29.0. The van der Waals surface area contributed by atoms with E-state index in [0.29, 0.717) is 55.7 Å². The van der Waals surface area contributed by atoms with E-state index in [9.17, 15) is 9.59 Å². The van der Waals surface area contributed by atoms with Crippen molar-refractivity contribution in [1.82, 2.24) is 4.57 Å². The molecular formula is C33H29Br2ClN2O5S. The Hall–Kier alpha value is -3.18. The predicted octanol–water partition coefficient (Wildman–Crippen LogP) is 7.34. The molecular weight excluding hydrogens is 732 g/mol. The molecule has 2 heterocycles. The third-order valence-corrected chi connectivity index (χ3v) is 9.44. The van der Waals surface area contributed by atoms with Gasteiger partial charge in [-0.15, -0.1) is 0 Å². The molecule has 1 atom stereocenters. The highest BCUT2D eigenvalue weighted by atomic mass is 79.9. The van der Waals surface area contributed by atoms with Gasteiger partial charge in [0.15, 0.2) is 4.80 Å². The third kappa shape index (κ3) is 6.73. The number of methoxy groups -OCH3 is 1. The minimum Gasteiger partial charge on any atom is -0.496 e. The maximum atomic E-state index is 14.1. The Morgan fingerprint density at radius 1 is 1.09 bits per heavy atom. The second-order valence-electron chi connectivity index (χ2n) is 9.87. The molecule has 1 aliphatic heterocycles. The SMILES string of the molecule is CCCC1=C(C(=O)OCC)[C@H](c2cc(Br)ccc2OC)n2c(s/c(=C/c3ccc(OCc4ccccc4Cl)c(Br)c3)c2=O)=N1. The summed E-state index contributed by atoms with van der Waals surface area (Å²) in [5, 5.41) is 0.641. The molecule has 5 rings (SSSR count). The highest BCUT2D eigenvalue weighted by Crippen LogP contribution is 2.38. The van der Waals surface area contributed by atoms with Crippen molar-refractivity contribution in [2.45, 2.75) is 39.3 Å². The molecule has 0 N–H and O–H groups in total. The normalized spacial score (nSPS) is 14.7. The molecule has 3 aromatic carbocycles. The van der Waals surface area contributed by atoms with Crippen molar-refractivity contribution in [1.29, 1.82) is 0 Å². The molecule has 7 nitrogen and oxygen atoms in total. The Bertz CT molecular complexity index is 1930. The maximum Gasteiger partial charge on any atom is 0.338 e. The molecule has 11 heteroatoms. The monoisotopic (exact) mass is 758 g/mol. The molecule has 0 saturated heterocycles. The lowest BCUT2D eigenvalue weighted by molar-refractivity contribution is -0.139. The van der Waals surface area contributed by atoms with Gasteiger partial charge in [0, 0.05) is 20.6 Å². The molecule has 0 radical (unpaired) electrons. The van der Waals surface area contributed by atoms with E-state index < -0.39 is 12.0 Å². The molecule has 0 fully saturated rings. The van der Waals surface area contributed by atoms with Crippen molar-refractivity contribution in [3.63, 3.8) is 0 Å². The van der Waals surface area contributed by atoms with Crippen LogP contribution in [0.4, 0.5) is 0 Å². The van der Waals surface area contributed by atoms with Crippen molar-refractivity contribution in [3.8, 4) is 11.5 Å². The number of allylic oxidation sites excluding steroid dienone is 1. The minimum atomic E-state index is -0.784. The van der Waals surface area contributed by atoms with E-state index in [0.717, 1.165) is 26.5 Å². The fraction of sp³-hybridized carbons (Fsp3) is 0.242. The van der Waals surface area contributed by atoms with Crippen LogP contribution in [0.25, 0.3) is 6.08 Å². The zero-order valence-electron chi connectivity index (χ0n) is 24.2. The fourth-order valence-electron chi connectivity index (χ4n) is 4.98. The summed E-state index contributed by atoms with van der Waals surface area (Å²) in [5.41, 5.74) is 3.01. The lowest BCUT2D eigenvalue weighted by atomic mass is 9.93. The van der Waals surface area contributed by atoms with Gasteiger partial charge in [-0.2, -0.15) is 0 Å². The van der Waals surface area contributed by atoms with E-state index >= 15 is 0 Å². The number of aromatic nitrogens is 1. The van der Waals surface area contributed by atoms with Crippen LogP contribution >= 0.6 is 54.8 Å². The number of fused-ring (bicyclic) bond motifs is 1. The number of esters is 1. The van der Waals surface area contributed by atoms with Crippen molar-refractivity contribution < 1.29 is 19.0 Å². The summed E-state index contributed by atoms with van der Waals surface area (Å²) in [6, 6.07) is 17.9. The van der Waals surface area contributed by atoms with Crippen molar-refractivity contribution in [2.75, 3.05) is 13.7 Å². The second-order valence-corrected chi connectivity index (χ2v) is 13.1. The number of carbonyl (C=O) groups is 1. The van der Waals surface area contributed by atoms with Gasteiger partial charge in [0.05, 0.1) is 34.0 Å². The highest BCUT2D eigenvalue weighted by Gasteiger charge is 2.36. The third-order valence-electron chi connectivity index (χ3n) is 6.97. The summed E-state index contributed by atoms with van der Waals surface area (Å²) in [4.78, 5) is 32.9. The number of ether oxygens (including phenoxy) is 3. The van der Waals surface area contributed by atoms with Crippen LogP contribution in [0.5, 0.6) is 11.5 Å². The first-order chi connectivity index (χ1) is 21.2. The Morgan fingerprint density at radius 2 is 1.86 bits per heavy atom. The number of nitrogens with zero attached hydrogens (tertiary/aromatic N) is 2. The van der Waals surface area contributed by atoms with Gasteiger partial charge in [-0.1, -0.05) is 76.5 Å². The molecule has 0 amide bonds. The summed E-state index contributed by atoms with van der Waals surface area (Å²) in [6.07, 6.45) is 3.13. The average molecular weight is 761 g/mol. The van der Waals surface area contributed by atoms with Gasteiger partial charge in [0.1, 0.15) is 24.1 Å². The van der Waals surface area contributed by atoms with E-state index in [1.54, 1.807) is 18.6 Å². The number of hydrogen-bond donors (Lipinski definition) is 0. The number of halogens is 3. The van der Waals surface area contributed by atoms with Gasteiger partial charge >= 0.3 is 5.97 Å². The lowest BCUT2D eigenvalue weighted by Crippen LogP contribution is -2.40. The first-order valence-electron chi connectivity index (χ1n) is 14.0. The number of carbonyl (C=O) groups excluding carboxylic acids is 1. The van der Waals surface area contributed by atoms with E-state index in [1.807, 2.05) is 73.7 Å². The van der Waals surface area contributed by atoms with Crippen LogP contribution in [-0.4, -0.2) is 24.3 Å². The summed E-state index contributed by atoms with van der Waals surface area (Å²) in [7, 11) is 1.57. The number of rotatable bonds is 10. The molecule has 228 valence electrons. The summed E-state index contributed by atoms with van der Waals surface area (Å²) in [6.45, 7) is 4.29. The summed E-state index contributed by atoms with van der Waals surface area (Å²) < 4.78 is 20.8. The van der Waals surface area contributed by atoms with Gasteiger partial charge in [-0.05, 0) is 77.3 Å². The van der Waals surface area contributed by atoms with E-state index in [4.69, 9.17) is 30.8 Å². The molecule has 0 spiro atoms. The predicted molar refractivity (Wildman–Crippen MR) is 180 cm³/mol. The van der Waals surface area contributed by atoms with E-state index in [2.05, 4.69) is 31.9 Å². The smallest absolute Gasteiger partial charge is 0.338 e. The maximum absolute atomic E-state index is 14.1. The van der Waals surface area contributed by atoms with Gasteiger partial charge in [-0.3, -0.25) is 9.36 Å². The Morgan fingerprint density at radius 3 is 2.57 bits per heavy atom. The average Bonchev–Trinajstić information content (AvgIpc) is 3.31. The fourth-order valence-corrected chi connectivity index (χ4v) is 7.08. The second kappa shape index (κ2) is 14.3. The Balaban J connectivity index is 1.61. The van der Waals surface area contributed by atoms with Crippen LogP contribution < -0.4 is 24.4 Å². The van der Waals surface area contributed by atoms with Gasteiger partial charge in [0.2, 0.25) is 0 Å². The quantitative estimate of drug-likeness (QED) is 0.158. The van der Waals surface area contributed by atoms with Crippen LogP contribution in [-0.2, 0) is 16.1 Å². The van der Waals surface area contributed by atoms with Crippen LogP contribution in [0.1, 0.15) is 49.4 Å². The lowest BCUT2D eigenvalue weighted by Gasteiger charge is -2.27. The van der Waals surface area contributed by atoms with Crippen LogP contribution in [0, 0.1) is 0 Å². The van der Waals surface area contributed by atoms with E-state index in [1.165, 1.54) is 11.3 Å². The van der Waals surface area contributed by atoms with Gasteiger partial charge in [-0.25, -0.2) is 9.79 Å². The number of thiazole rings is 1. The van der Waals surface area contributed by atoms with Crippen LogP contribution in [0.3, 0.4) is 0 Å². The Labute approximate surface area is 280 Å². The highest BCUT2D eigenvalue weighted by molar-refractivity contribution is 9.10. The number of benzene rings is 3. The van der Waals surface area contributed by atoms with E-state index in [-0.39, 0.29) is 12.2 Å². The number of hydrogen-bond acceptors (Lipinski definition) is 7. The molecule has 0 aliphatic carbocycles. The van der Waals surface area contributed by atoms with Gasteiger partial charge in [0.25, 0.3) is 5.56 Å². The molecule has 0 saturated carbocycles. The molecule has 1 aliphatic rings. The van der Waals surface area contributed by atoms with Crippen LogP contribution in [0.2, 0.25) is 5.02 Å². The van der Waals surface area contributed by atoms with Crippen LogP contribution in [0.15, 0.2) is 90.7 Å². The molecule has 1 aromatic heterocycles. The molecule has 0 unspecified atom stereocenters. The molecule has 4 aromatic rings. The summed E-state index contributed by atoms with van der Waals surface area (Å²) >= 11 is 14.7. The first kappa shape index (κ1) is 32.2. The zero-order chi connectivity index (χ0) is 31.4. The Kier molecular flexibility index (Phi) is 10.5. The molecule has 0 bridgehead atoms. The van der Waals surface area contributed by atoms with Gasteiger partial charge < -0.3 is 14.2 Å². The van der Waals surface area contributed by atoms with Crippen molar-refractivity contribution in [3.05, 3.63) is 122 Å². The van der Waals surface area contributed by atoms with Crippen molar-refractivity contribution >= 4 is 66.8 Å². The van der Waals surface area contributed by atoms with Crippen molar-refractivity contribution in [2.24, 2.45) is 4.99 Å². The summed E-state index contributed by atoms with van der Waals surface area (Å²) in [5.74, 6) is 0.689.